The molecule has 1 saturated heterocycles. The molecule has 1 aromatic carbocycles. The first-order chi connectivity index (χ1) is 14.0. The topological polar surface area (TPSA) is 58.6 Å². The summed E-state index contributed by atoms with van der Waals surface area (Å²) in [6, 6.07) is 3.37. The van der Waals surface area contributed by atoms with Gasteiger partial charge in [-0.2, -0.15) is 0 Å². The Morgan fingerprint density at radius 2 is 1.83 bits per heavy atom. The Hall–Kier alpha value is -2.77. The molecule has 0 aliphatic carbocycles. The minimum absolute atomic E-state index is 0.0812. The van der Waals surface area contributed by atoms with Gasteiger partial charge in [0.2, 0.25) is 5.91 Å². The van der Waals surface area contributed by atoms with E-state index in [1.54, 1.807) is 13.1 Å². The fourth-order valence-electron chi connectivity index (χ4n) is 3.86. The van der Waals surface area contributed by atoms with Crippen LogP contribution in [0.3, 0.4) is 0 Å². The van der Waals surface area contributed by atoms with E-state index in [0.717, 1.165) is 42.8 Å². The predicted octanol–water partition coefficient (Wildman–Crippen LogP) is 2.75. The summed E-state index contributed by atoms with van der Waals surface area (Å²) in [4.78, 5) is 25.0. The number of carbonyl (C=O) groups is 1. The van der Waals surface area contributed by atoms with E-state index in [1.165, 1.54) is 12.1 Å². The largest absolute Gasteiger partial charge is 0.487 e. The molecule has 29 heavy (non-hydrogen) atoms. The number of aromatic nitrogens is 2. The van der Waals surface area contributed by atoms with Crippen molar-refractivity contribution in [2.75, 3.05) is 31.1 Å². The van der Waals surface area contributed by atoms with E-state index < -0.39 is 11.6 Å². The van der Waals surface area contributed by atoms with Crippen LogP contribution in [0.15, 0.2) is 24.4 Å². The van der Waals surface area contributed by atoms with E-state index in [2.05, 4.69) is 9.88 Å². The molecular weight excluding hydrogens is 378 g/mol. The molecule has 2 aliphatic heterocycles. The van der Waals surface area contributed by atoms with Crippen molar-refractivity contribution in [1.82, 2.24) is 14.9 Å². The van der Waals surface area contributed by atoms with Crippen LogP contribution in [0.5, 0.6) is 5.75 Å². The number of fused-ring (bicyclic) bond motifs is 1. The van der Waals surface area contributed by atoms with Gasteiger partial charge in [-0.05, 0) is 12.1 Å². The molecule has 0 bridgehead atoms. The van der Waals surface area contributed by atoms with Crippen molar-refractivity contribution in [2.45, 2.75) is 38.7 Å². The Morgan fingerprint density at radius 3 is 2.52 bits per heavy atom. The molecule has 8 heteroatoms. The highest BCUT2D eigenvalue weighted by atomic mass is 19.1. The van der Waals surface area contributed by atoms with Crippen molar-refractivity contribution in [1.29, 1.82) is 0 Å². The molecule has 0 spiro atoms. The van der Waals surface area contributed by atoms with Gasteiger partial charge in [-0.15, -0.1) is 0 Å². The van der Waals surface area contributed by atoms with Gasteiger partial charge in [0.1, 0.15) is 17.7 Å². The number of ether oxygens (including phenoxy) is 1. The molecule has 0 atom stereocenters. The van der Waals surface area contributed by atoms with Crippen LogP contribution in [0.2, 0.25) is 0 Å². The number of halogens is 2. The number of nitrogens with zero attached hydrogens (tertiary/aromatic N) is 4. The van der Waals surface area contributed by atoms with Crippen LogP contribution < -0.4 is 9.64 Å². The summed E-state index contributed by atoms with van der Waals surface area (Å²) in [5.74, 6) is -0.296. The molecule has 3 heterocycles. The average Bonchev–Trinajstić information content (AvgIpc) is 2.93. The van der Waals surface area contributed by atoms with Gasteiger partial charge in [0, 0.05) is 64.9 Å². The summed E-state index contributed by atoms with van der Waals surface area (Å²) in [5, 5.41) is 0. The maximum atomic E-state index is 13.8. The van der Waals surface area contributed by atoms with Gasteiger partial charge in [0.05, 0.1) is 17.6 Å². The Bertz CT molecular complexity index is 900. The number of rotatable bonds is 3. The molecular formula is C21H24F2N4O2. The highest BCUT2D eigenvalue weighted by Crippen LogP contribution is 2.25. The summed E-state index contributed by atoms with van der Waals surface area (Å²) in [6.07, 6.45) is 4.54. The van der Waals surface area contributed by atoms with Crippen molar-refractivity contribution in [2.24, 2.45) is 0 Å². The number of carbonyl (C=O) groups excluding carboxylic acids is 1. The average molecular weight is 402 g/mol. The summed E-state index contributed by atoms with van der Waals surface area (Å²) in [6.45, 7) is 4.38. The normalized spacial score (nSPS) is 17.6. The van der Waals surface area contributed by atoms with Gasteiger partial charge in [-0.3, -0.25) is 9.78 Å². The highest BCUT2D eigenvalue weighted by Gasteiger charge is 2.24. The summed E-state index contributed by atoms with van der Waals surface area (Å²) in [7, 11) is 0. The van der Waals surface area contributed by atoms with E-state index in [-0.39, 0.29) is 17.8 Å². The van der Waals surface area contributed by atoms with Crippen LogP contribution in [0.1, 0.15) is 31.2 Å². The van der Waals surface area contributed by atoms with Gasteiger partial charge < -0.3 is 14.5 Å². The predicted molar refractivity (Wildman–Crippen MR) is 104 cm³/mol. The fraction of sp³-hybridized carbons (Fsp3) is 0.476. The smallest absolute Gasteiger partial charge is 0.219 e. The second-order valence-electron chi connectivity index (χ2n) is 7.51. The van der Waals surface area contributed by atoms with Crippen molar-refractivity contribution in [3.05, 3.63) is 47.4 Å². The third-order valence-electron chi connectivity index (χ3n) is 5.55. The molecule has 154 valence electrons. The first-order valence-electron chi connectivity index (χ1n) is 9.96. The quantitative estimate of drug-likeness (QED) is 0.790. The van der Waals surface area contributed by atoms with Crippen molar-refractivity contribution < 1.29 is 18.3 Å². The summed E-state index contributed by atoms with van der Waals surface area (Å²) in [5.41, 5.74) is 1.92. The van der Waals surface area contributed by atoms with Crippen LogP contribution in [0.4, 0.5) is 14.6 Å². The van der Waals surface area contributed by atoms with Crippen LogP contribution >= 0.6 is 0 Å². The molecule has 2 aromatic rings. The number of hydrogen-bond acceptors (Lipinski definition) is 5. The highest BCUT2D eigenvalue weighted by molar-refractivity contribution is 5.73. The SMILES string of the molecule is CC(=O)N1CCc2ncc(N3CCC(Oc4ccc(F)cc4F)CC3)nc2CC1. The zero-order valence-corrected chi connectivity index (χ0v) is 16.4. The first kappa shape index (κ1) is 19.5. The molecule has 0 radical (unpaired) electrons. The molecule has 0 unspecified atom stereocenters. The fourth-order valence-corrected chi connectivity index (χ4v) is 3.86. The van der Waals surface area contributed by atoms with Crippen LogP contribution in [0, 0.1) is 11.6 Å². The Balaban J connectivity index is 1.37. The monoisotopic (exact) mass is 402 g/mol. The van der Waals surface area contributed by atoms with Crippen molar-refractivity contribution in [3.8, 4) is 5.75 Å². The lowest BCUT2D eigenvalue weighted by molar-refractivity contribution is -0.128. The number of hydrogen-bond donors (Lipinski definition) is 0. The number of benzene rings is 1. The zero-order valence-electron chi connectivity index (χ0n) is 16.4. The minimum Gasteiger partial charge on any atom is -0.487 e. The maximum absolute atomic E-state index is 13.8. The molecule has 4 rings (SSSR count). The molecule has 1 fully saturated rings. The lowest BCUT2D eigenvalue weighted by Crippen LogP contribution is -2.39. The van der Waals surface area contributed by atoms with E-state index >= 15 is 0 Å². The van der Waals surface area contributed by atoms with E-state index in [0.29, 0.717) is 32.4 Å². The van der Waals surface area contributed by atoms with Gasteiger partial charge in [-0.25, -0.2) is 13.8 Å². The summed E-state index contributed by atoms with van der Waals surface area (Å²) >= 11 is 0. The lowest BCUT2D eigenvalue weighted by Gasteiger charge is -2.33. The van der Waals surface area contributed by atoms with E-state index in [1.807, 2.05) is 4.90 Å². The van der Waals surface area contributed by atoms with Gasteiger partial charge in [0.15, 0.2) is 11.6 Å². The van der Waals surface area contributed by atoms with E-state index in [9.17, 15) is 13.6 Å². The van der Waals surface area contributed by atoms with Gasteiger partial charge in [0.25, 0.3) is 0 Å². The Labute approximate surface area is 168 Å². The Kier molecular flexibility index (Phi) is 5.60. The summed E-state index contributed by atoms with van der Waals surface area (Å²) < 4.78 is 32.6. The molecule has 1 aromatic heterocycles. The molecule has 6 nitrogen and oxygen atoms in total. The molecule has 2 aliphatic rings. The van der Waals surface area contributed by atoms with E-state index in [4.69, 9.17) is 9.72 Å². The first-order valence-corrected chi connectivity index (χ1v) is 9.96. The van der Waals surface area contributed by atoms with Crippen LogP contribution in [-0.2, 0) is 17.6 Å². The second-order valence-corrected chi connectivity index (χ2v) is 7.51. The third kappa shape index (κ3) is 4.46. The van der Waals surface area contributed by atoms with Crippen LogP contribution in [-0.4, -0.2) is 53.1 Å². The second kappa shape index (κ2) is 8.31. The molecule has 1 amide bonds. The lowest BCUT2D eigenvalue weighted by atomic mass is 10.1. The van der Waals surface area contributed by atoms with Crippen LogP contribution in [0.25, 0.3) is 0 Å². The minimum atomic E-state index is -0.677. The van der Waals surface area contributed by atoms with Gasteiger partial charge in [-0.1, -0.05) is 0 Å². The van der Waals surface area contributed by atoms with Gasteiger partial charge >= 0.3 is 0 Å². The zero-order chi connectivity index (χ0) is 20.4. The van der Waals surface area contributed by atoms with Crippen molar-refractivity contribution in [3.63, 3.8) is 0 Å². The number of anilines is 1. The standard InChI is InChI=1S/C21H24F2N4O2/c1-14(28)26-10-6-18-19(7-11-26)25-21(13-24-18)27-8-4-16(5-9-27)29-20-3-2-15(22)12-17(20)23/h2-3,12-13,16H,4-11H2,1H3. The molecule has 0 N–H and O–H groups in total. The number of piperidine rings is 1. The maximum Gasteiger partial charge on any atom is 0.219 e. The molecule has 0 saturated carbocycles. The third-order valence-corrected chi connectivity index (χ3v) is 5.55. The Morgan fingerprint density at radius 1 is 1.10 bits per heavy atom. The van der Waals surface area contributed by atoms with Crippen molar-refractivity contribution >= 4 is 11.7 Å². The number of amides is 1.